The standard InChI is InChI=1S/C26H31N5/c1-5-6-16-30(4)26-29-23-24(31(26)18-19(2)3)21-14-10-11-15-22(21)28-25(23)27-17-20-12-8-7-9-13-20/h5,7-15,19H,1,6,16-18H2,2-4H3,(H,27,28). The second-order valence-electron chi connectivity index (χ2n) is 8.43. The number of aromatic nitrogens is 3. The Morgan fingerprint density at radius 3 is 2.55 bits per heavy atom. The fourth-order valence-corrected chi connectivity index (χ4v) is 3.94. The van der Waals surface area contributed by atoms with Gasteiger partial charge in [-0.25, -0.2) is 9.97 Å². The number of anilines is 2. The van der Waals surface area contributed by atoms with E-state index >= 15 is 0 Å². The van der Waals surface area contributed by atoms with Crippen LogP contribution in [0.3, 0.4) is 0 Å². The van der Waals surface area contributed by atoms with Crippen molar-refractivity contribution in [3.05, 3.63) is 72.8 Å². The van der Waals surface area contributed by atoms with Gasteiger partial charge in [0.05, 0.1) is 11.0 Å². The van der Waals surface area contributed by atoms with E-state index in [-0.39, 0.29) is 0 Å². The molecule has 0 aliphatic rings. The van der Waals surface area contributed by atoms with Gasteiger partial charge in [0.2, 0.25) is 5.95 Å². The number of hydrogen-bond acceptors (Lipinski definition) is 4. The van der Waals surface area contributed by atoms with E-state index in [0.717, 1.165) is 53.2 Å². The maximum atomic E-state index is 5.11. The summed E-state index contributed by atoms with van der Waals surface area (Å²) in [5.74, 6) is 2.31. The number of fused-ring (bicyclic) bond motifs is 3. The van der Waals surface area contributed by atoms with Gasteiger partial charge in [-0.05, 0) is 24.0 Å². The van der Waals surface area contributed by atoms with Gasteiger partial charge in [-0.1, -0.05) is 68.5 Å². The van der Waals surface area contributed by atoms with Crippen LogP contribution in [0, 0.1) is 5.92 Å². The molecular formula is C26H31N5. The maximum absolute atomic E-state index is 5.11. The first-order chi connectivity index (χ1) is 15.1. The highest BCUT2D eigenvalue weighted by molar-refractivity contribution is 6.07. The van der Waals surface area contributed by atoms with Crippen molar-refractivity contribution in [1.29, 1.82) is 0 Å². The minimum atomic E-state index is 0.497. The number of benzene rings is 2. The van der Waals surface area contributed by atoms with E-state index in [1.165, 1.54) is 5.56 Å². The molecule has 31 heavy (non-hydrogen) atoms. The van der Waals surface area contributed by atoms with Gasteiger partial charge in [-0.15, -0.1) is 6.58 Å². The largest absolute Gasteiger partial charge is 0.364 e. The fourth-order valence-electron chi connectivity index (χ4n) is 3.94. The van der Waals surface area contributed by atoms with Gasteiger partial charge in [0.25, 0.3) is 0 Å². The maximum Gasteiger partial charge on any atom is 0.206 e. The lowest BCUT2D eigenvalue weighted by molar-refractivity contribution is 0.531. The van der Waals surface area contributed by atoms with Crippen LogP contribution >= 0.6 is 0 Å². The molecule has 0 aliphatic heterocycles. The lowest BCUT2D eigenvalue weighted by Crippen LogP contribution is -2.23. The lowest BCUT2D eigenvalue weighted by atomic mass is 10.1. The van der Waals surface area contributed by atoms with E-state index in [1.54, 1.807) is 0 Å². The summed E-state index contributed by atoms with van der Waals surface area (Å²) in [6.07, 6.45) is 2.87. The van der Waals surface area contributed by atoms with E-state index in [0.29, 0.717) is 12.5 Å². The molecule has 1 N–H and O–H groups in total. The van der Waals surface area contributed by atoms with Gasteiger partial charge < -0.3 is 14.8 Å². The minimum Gasteiger partial charge on any atom is -0.364 e. The molecule has 0 fully saturated rings. The Hall–Kier alpha value is -3.34. The lowest BCUT2D eigenvalue weighted by Gasteiger charge is -2.20. The Labute approximate surface area is 184 Å². The van der Waals surface area contributed by atoms with E-state index < -0.39 is 0 Å². The molecule has 4 rings (SSSR count). The summed E-state index contributed by atoms with van der Waals surface area (Å²) in [5.41, 5.74) is 4.28. The predicted molar refractivity (Wildman–Crippen MR) is 132 cm³/mol. The molecule has 0 radical (unpaired) electrons. The monoisotopic (exact) mass is 413 g/mol. The quantitative estimate of drug-likeness (QED) is 0.349. The average molecular weight is 414 g/mol. The van der Waals surface area contributed by atoms with Crippen molar-refractivity contribution >= 4 is 33.7 Å². The Morgan fingerprint density at radius 1 is 1.06 bits per heavy atom. The van der Waals surface area contributed by atoms with E-state index in [2.05, 4.69) is 84.7 Å². The smallest absolute Gasteiger partial charge is 0.206 e. The number of rotatable bonds is 9. The molecule has 0 saturated carbocycles. The second kappa shape index (κ2) is 9.21. The Bertz CT molecular complexity index is 1180. The van der Waals surface area contributed by atoms with Crippen LogP contribution in [0.5, 0.6) is 0 Å². The second-order valence-corrected chi connectivity index (χ2v) is 8.43. The average Bonchev–Trinajstić information content (AvgIpc) is 3.15. The molecule has 2 aromatic heterocycles. The van der Waals surface area contributed by atoms with Crippen molar-refractivity contribution in [3.8, 4) is 0 Å². The van der Waals surface area contributed by atoms with Crippen LogP contribution in [-0.2, 0) is 13.1 Å². The van der Waals surface area contributed by atoms with Crippen LogP contribution in [0.2, 0.25) is 0 Å². The van der Waals surface area contributed by atoms with Crippen molar-refractivity contribution in [1.82, 2.24) is 14.5 Å². The van der Waals surface area contributed by atoms with Crippen molar-refractivity contribution in [2.24, 2.45) is 5.92 Å². The fraction of sp³-hybridized carbons (Fsp3) is 0.308. The number of nitrogens with zero attached hydrogens (tertiary/aromatic N) is 4. The first kappa shape index (κ1) is 20.9. The molecule has 5 heteroatoms. The molecule has 2 heterocycles. The summed E-state index contributed by atoms with van der Waals surface area (Å²) in [4.78, 5) is 12.3. The van der Waals surface area contributed by atoms with Crippen LogP contribution in [0.1, 0.15) is 25.8 Å². The summed E-state index contributed by atoms with van der Waals surface area (Å²) in [5, 5.41) is 4.69. The topological polar surface area (TPSA) is 46.0 Å². The molecule has 0 unspecified atom stereocenters. The third-order valence-corrected chi connectivity index (χ3v) is 5.42. The van der Waals surface area contributed by atoms with Gasteiger partial charge >= 0.3 is 0 Å². The van der Waals surface area contributed by atoms with E-state index in [1.807, 2.05) is 18.2 Å². The molecule has 0 saturated heterocycles. The zero-order valence-corrected chi connectivity index (χ0v) is 18.7. The summed E-state index contributed by atoms with van der Waals surface area (Å²) >= 11 is 0. The summed E-state index contributed by atoms with van der Waals surface area (Å²) in [7, 11) is 2.11. The van der Waals surface area contributed by atoms with Crippen molar-refractivity contribution in [2.45, 2.75) is 33.4 Å². The SMILES string of the molecule is C=CCCN(C)c1nc2c(NCc3ccccc3)nc3ccccc3c2n1CC(C)C. The van der Waals surface area contributed by atoms with Crippen LogP contribution in [-0.4, -0.2) is 28.1 Å². The zero-order valence-electron chi connectivity index (χ0n) is 18.7. The number of nitrogens with one attached hydrogen (secondary N) is 1. The molecule has 0 spiro atoms. The molecular weight excluding hydrogens is 382 g/mol. The van der Waals surface area contributed by atoms with E-state index in [9.17, 15) is 0 Å². The number of imidazole rings is 1. The predicted octanol–water partition coefficient (Wildman–Crippen LogP) is 5.86. The molecule has 160 valence electrons. The van der Waals surface area contributed by atoms with Crippen LogP contribution in [0.15, 0.2) is 67.3 Å². The van der Waals surface area contributed by atoms with Crippen molar-refractivity contribution < 1.29 is 0 Å². The highest BCUT2D eigenvalue weighted by Gasteiger charge is 2.21. The van der Waals surface area contributed by atoms with Crippen LogP contribution in [0.25, 0.3) is 21.9 Å². The van der Waals surface area contributed by atoms with Crippen molar-refractivity contribution in [3.63, 3.8) is 0 Å². The Morgan fingerprint density at radius 2 is 1.81 bits per heavy atom. The normalized spacial score (nSPS) is 11.4. The zero-order chi connectivity index (χ0) is 21.8. The molecule has 5 nitrogen and oxygen atoms in total. The third-order valence-electron chi connectivity index (χ3n) is 5.42. The number of para-hydroxylation sites is 1. The summed E-state index contributed by atoms with van der Waals surface area (Å²) in [6, 6.07) is 18.8. The van der Waals surface area contributed by atoms with Crippen LogP contribution in [0.4, 0.5) is 11.8 Å². The highest BCUT2D eigenvalue weighted by Crippen LogP contribution is 2.33. The first-order valence-electron chi connectivity index (χ1n) is 11.0. The van der Waals surface area contributed by atoms with Gasteiger partial charge in [0, 0.05) is 32.1 Å². The molecule has 0 bridgehead atoms. The number of hydrogen-bond donors (Lipinski definition) is 1. The molecule has 0 amide bonds. The third kappa shape index (κ3) is 4.41. The molecule has 0 atom stereocenters. The van der Waals surface area contributed by atoms with Crippen LogP contribution < -0.4 is 10.2 Å². The van der Waals surface area contributed by atoms with Gasteiger partial charge in [-0.3, -0.25) is 0 Å². The summed E-state index contributed by atoms with van der Waals surface area (Å²) in [6.45, 7) is 10.9. The van der Waals surface area contributed by atoms with E-state index in [4.69, 9.17) is 9.97 Å². The van der Waals surface area contributed by atoms with Gasteiger partial charge in [-0.2, -0.15) is 0 Å². The number of pyridine rings is 1. The Kier molecular flexibility index (Phi) is 6.21. The molecule has 2 aromatic carbocycles. The first-order valence-corrected chi connectivity index (χ1v) is 11.0. The Balaban J connectivity index is 1.88. The van der Waals surface area contributed by atoms with Crippen molar-refractivity contribution in [2.75, 3.05) is 23.8 Å². The summed E-state index contributed by atoms with van der Waals surface area (Å²) < 4.78 is 2.36. The molecule has 4 aromatic rings. The highest BCUT2D eigenvalue weighted by atomic mass is 15.3. The molecule has 0 aliphatic carbocycles. The van der Waals surface area contributed by atoms with Gasteiger partial charge in [0.15, 0.2) is 5.82 Å². The minimum absolute atomic E-state index is 0.497. The van der Waals surface area contributed by atoms with Gasteiger partial charge in [0.1, 0.15) is 5.52 Å².